The van der Waals surface area contributed by atoms with Gasteiger partial charge in [-0.15, -0.1) is 0 Å². The van der Waals surface area contributed by atoms with Gasteiger partial charge in [0, 0.05) is 0 Å². The third-order valence-corrected chi connectivity index (χ3v) is 1.14. The monoisotopic (exact) mass is 151 g/mol. The highest BCUT2D eigenvalue weighted by atomic mass is 16.6. The van der Waals surface area contributed by atoms with Gasteiger partial charge in [0.1, 0.15) is 6.61 Å². The van der Waals surface area contributed by atoms with Gasteiger partial charge in [0.2, 0.25) is 0 Å². The zero-order chi connectivity index (χ0) is 8.81. The van der Waals surface area contributed by atoms with Gasteiger partial charge in [0.15, 0.2) is 0 Å². The number of hydrogen-bond donors (Lipinski definition) is 0. The van der Waals surface area contributed by atoms with E-state index >= 15 is 0 Å². The van der Waals surface area contributed by atoms with Gasteiger partial charge in [-0.05, 0) is 12.5 Å². The van der Waals surface area contributed by atoms with Gasteiger partial charge >= 0.3 is 0 Å². The molecule has 1 aromatic carbocycles. The molecule has 0 amide bonds. The molecule has 0 unspecified atom stereocenters. The largest absolute Gasteiger partial charge is 0.396 e. The fourth-order valence-electron chi connectivity index (χ4n) is 0.662. The molecule has 0 aliphatic carbocycles. The van der Waals surface area contributed by atoms with Crippen LogP contribution in [0.15, 0.2) is 35.5 Å². The van der Waals surface area contributed by atoms with E-state index < -0.39 is 0 Å². The fourth-order valence-corrected chi connectivity index (χ4v) is 0.662. The number of rotatable bonds is 3. The summed E-state index contributed by atoms with van der Waals surface area (Å²) < 4.78 is 7.44. The van der Waals surface area contributed by atoms with Crippen molar-refractivity contribution in [2.24, 2.45) is 5.16 Å². The second kappa shape index (κ2) is 4.50. The molecule has 0 aromatic heterocycles. The van der Waals surface area contributed by atoms with E-state index in [1.165, 1.54) is 0 Å². The van der Waals surface area contributed by atoms with E-state index in [1.54, 1.807) is 0 Å². The Morgan fingerprint density at radius 2 is 2.27 bits per heavy atom. The van der Waals surface area contributed by atoms with E-state index in [0.717, 1.165) is 5.56 Å². The number of benzene rings is 1. The molecular weight excluding hydrogens is 138 g/mol. The fraction of sp³-hybridized carbons (Fsp3) is 0.222. The third kappa shape index (κ3) is 2.85. The zero-order valence-electron chi connectivity index (χ0n) is 7.45. The maximum Gasteiger partial charge on any atom is 0.114 e. The zero-order valence-corrected chi connectivity index (χ0v) is 6.45. The Bertz CT molecular complexity index is 258. The van der Waals surface area contributed by atoms with Crippen molar-refractivity contribution >= 4 is 6.19 Å². The average Bonchev–Trinajstić information content (AvgIpc) is 2.15. The standard InChI is InChI=1S/C9H11NO/c1-2-11-10-8-9-6-4-3-5-7-9/h3-8H,2H2,1H3/i8T. The summed E-state index contributed by atoms with van der Waals surface area (Å²) in [5.74, 6) is 0. The highest BCUT2D eigenvalue weighted by molar-refractivity contribution is 5.78. The molecule has 0 radical (unpaired) electrons. The lowest BCUT2D eigenvalue weighted by molar-refractivity contribution is 0.160. The molecule has 0 bridgehead atoms. The molecule has 0 heterocycles. The van der Waals surface area contributed by atoms with Gasteiger partial charge in [-0.3, -0.25) is 0 Å². The summed E-state index contributed by atoms with van der Waals surface area (Å²) in [5.41, 5.74) is 0.769. The summed E-state index contributed by atoms with van der Waals surface area (Å²) in [5, 5.41) is 3.60. The molecule has 0 atom stereocenters. The molecule has 0 N–H and O–H groups in total. The Hall–Kier alpha value is -1.31. The van der Waals surface area contributed by atoms with E-state index in [2.05, 4.69) is 5.16 Å². The highest BCUT2D eigenvalue weighted by Crippen LogP contribution is 1.93. The quantitative estimate of drug-likeness (QED) is 0.478. The van der Waals surface area contributed by atoms with Gasteiger partial charge in [-0.2, -0.15) is 0 Å². The van der Waals surface area contributed by atoms with Crippen molar-refractivity contribution in [2.45, 2.75) is 6.92 Å². The lowest BCUT2D eigenvalue weighted by Crippen LogP contribution is -1.82. The summed E-state index contributed by atoms with van der Waals surface area (Å²) in [6.45, 7) is 2.33. The lowest BCUT2D eigenvalue weighted by Gasteiger charge is -1.91. The Balaban J connectivity index is 2.71. The Morgan fingerprint density at radius 3 is 2.91 bits per heavy atom. The molecule has 0 spiro atoms. The summed E-state index contributed by atoms with van der Waals surface area (Å²) in [6.07, 6.45) is 0.164. The molecular formula is C9H11NO. The number of hydrogen-bond acceptors (Lipinski definition) is 2. The van der Waals surface area contributed by atoms with Crippen LogP contribution in [-0.4, -0.2) is 12.8 Å². The van der Waals surface area contributed by atoms with Gasteiger partial charge in [-0.25, -0.2) is 0 Å². The molecule has 0 saturated heterocycles. The van der Waals surface area contributed by atoms with Crippen LogP contribution in [0.25, 0.3) is 0 Å². The van der Waals surface area contributed by atoms with Crippen molar-refractivity contribution in [1.29, 1.82) is 0 Å². The van der Waals surface area contributed by atoms with Crippen LogP contribution in [0.1, 0.15) is 13.9 Å². The molecule has 58 valence electrons. The molecule has 0 saturated carbocycles. The first-order valence-corrected chi connectivity index (χ1v) is 3.56. The molecule has 11 heavy (non-hydrogen) atoms. The summed E-state index contributed by atoms with van der Waals surface area (Å²) in [7, 11) is 0. The maximum absolute atomic E-state index is 7.44. The number of oxime groups is 1. The van der Waals surface area contributed by atoms with Crippen LogP contribution < -0.4 is 0 Å². The SMILES string of the molecule is [3H]C(=NOCC)c1ccccc1. The smallest absolute Gasteiger partial charge is 0.114 e. The summed E-state index contributed by atoms with van der Waals surface area (Å²) in [6, 6.07) is 9.28. The van der Waals surface area contributed by atoms with E-state index in [1.807, 2.05) is 37.3 Å². The Kier molecular flexibility index (Phi) is 2.62. The summed E-state index contributed by atoms with van der Waals surface area (Å²) in [4.78, 5) is 4.75. The van der Waals surface area contributed by atoms with Crippen LogP contribution in [0.2, 0.25) is 0 Å². The van der Waals surface area contributed by atoms with Crippen molar-refractivity contribution in [3.8, 4) is 0 Å². The maximum atomic E-state index is 7.44. The topological polar surface area (TPSA) is 21.6 Å². The van der Waals surface area contributed by atoms with Crippen LogP contribution in [-0.2, 0) is 4.84 Å². The molecule has 0 aliphatic heterocycles. The van der Waals surface area contributed by atoms with Crippen LogP contribution in [0.5, 0.6) is 0 Å². The van der Waals surface area contributed by atoms with E-state index in [-0.39, 0.29) is 6.19 Å². The van der Waals surface area contributed by atoms with Crippen LogP contribution in [0.4, 0.5) is 0 Å². The first-order valence-electron chi connectivity index (χ1n) is 4.06. The van der Waals surface area contributed by atoms with Crippen molar-refractivity contribution in [1.82, 2.24) is 0 Å². The second-order valence-corrected chi connectivity index (χ2v) is 1.99. The Labute approximate surface area is 67.9 Å². The number of nitrogens with zero attached hydrogens (tertiary/aromatic N) is 1. The highest BCUT2D eigenvalue weighted by Gasteiger charge is 1.81. The molecule has 2 heteroatoms. The van der Waals surface area contributed by atoms with Crippen molar-refractivity contribution < 1.29 is 6.21 Å². The normalized spacial score (nSPS) is 12.5. The lowest BCUT2D eigenvalue weighted by atomic mass is 10.2. The van der Waals surface area contributed by atoms with Crippen LogP contribution in [0.3, 0.4) is 0 Å². The van der Waals surface area contributed by atoms with Gasteiger partial charge < -0.3 is 4.84 Å². The first-order chi connectivity index (χ1) is 5.84. The van der Waals surface area contributed by atoms with Crippen LogP contribution in [0, 0.1) is 0 Å². The molecule has 0 fully saturated rings. The molecule has 1 rings (SSSR count). The van der Waals surface area contributed by atoms with Crippen molar-refractivity contribution in [2.75, 3.05) is 6.61 Å². The van der Waals surface area contributed by atoms with Crippen molar-refractivity contribution in [3.63, 3.8) is 0 Å². The minimum atomic E-state index is 0.164. The second-order valence-electron chi connectivity index (χ2n) is 1.99. The van der Waals surface area contributed by atoms with Gasteiger partial charge in [0.05, 0.1) is 7.56 Å². The van der Waals surface area contributed by atoms with E-state index in [0.29, 0.717) is 6.61 Å². The van der Waals surface area contributed by atoms with Gasteiger partial charge in [0.25, 0.3) is 0 Å². The minimum absolute atomic E-state index is 0.164. The molecule has 0 aliphatic rings. The summed E-state index contributed by atoms with van der Waals surface area (Å²) >= 11 is 0. The Morgan fingerprint density at radius 1 is 1.55 bits per heavy atom. The average molecular weight is 151 g/mol. The van der Waals surface area contributed by atoms with Gasteiger partial charge in [-0.1, -0.05) is 35.5 Å². The molecule has 1 aromatic rings. The molecule has 2 nitrogen and oxygen atoms in total. The third-order valence-electron chi connectivity index (χ3n) is 1.14. The van der Waals surface area contributed by atoms with Crippen LogP contribution >= 0.6 is 0 Å². The van der Waals surface area contributed by atoms with E-state index in [9.17, 15) is 0 Å². The first kappa shape index (κ1) is 6.40. The predicted octanol–water partition coefficient (Wildman–Crippen LogP) is 2.06. The van der Waals surface area contributed by atoms with Crippen molar-refractivity contribution in [3.05, 3.63) is 35.9 Å². The van der Waals surface area contributed by atoms with E-state index in [4.69, 9.17) is 6.21 Å². The minimum Gasteiger partial charge on any atom is -0.396 e. The predicted molar refractivity (Wildman–Crippen MR) is 45.7 cm³/mol.